The molecule has 0 aliphatic heterocycles. The van der Waals surface area contributed by atoms with Gasteiger partial charge >= 0.3 is 12.1 Å². The molecule has 1 saturated carbocycles. The van der Waals surface area contributed by atoms with E-state index in [0.29, 0.717) is 12.8 Å². The minimum Gasteiger partial charge on any atom is -0.508 e. The molecule has 0 spiro atoms. The number of phenols is 1. The summed E-state index contributed by atoms with van der Waals surface area (Å²) >= 11 is 0. The summed E-state index contributed by atoms with van der Waals surface area (Å²) in [5, 5.41) is 16.1. The second kappa shape index (κ2) is 13.7. The van der Waals surface area contributed by atoms with Crippen molar-refractivity contribution >= 4 is 23.9 Å². The minimum absolute atomic E-state index is 0.159. The van der Waals surface area contributed by atoms with Gasteiger partial charge in [-0.2, -0.15) is 0 Å². The van der Waals surface area contributed by atoms with Crippen LogP contribution in [0.3, 0.4) is 0 Å². The van der Waals surface area contributed by atoms with Gasteiger partial charge in [0, 0.05) is 18.0 Å². The number of benzene rings is 2. The molecule has 2 atom stereocenters. The van der Waals surface area contributed by atoms with Crippen molar-refractivity contribution in [1.82, 2.24) is 15.5 Å². The summed E-state index contributed by atoms with van der Waals surface area (Å²) in [5.74, 6) is -1.97. The summed E-state index contributed by atoms with van der Waals surface area (Å²) in [6, 6.07) is 12.9. The molecule has 3 amide bonds. The van der Waals surface area contributed by atoms with Gasteiger partial charge in [0.1, 0.15) is 35.6 Å². The number of carbonyl (C=O) groups excluding carboxylic acids is 4. The van der Waals surface area contributed by atoms with Gasteiger partial charge in [-0.15, -0.1) is 0 Å². The van der Waals surface area contributed by atoms with Crippen LogP contribution in [-0.2, 0) is 30.3 Å². The summed E-state index contributed by atoms with van der Waals surface area (Å²) < 4.78 is 10.9. The van der Waals surface area contributed by atoms with E-state index >= 15 is 0 Å². The number of nitrogens with zero attached hydrogens (tertiary/aromatic N) is 1. The van der Waals surface area contributed by atoms with Crippen LogP contribution < -0.4 is 10.6 Å². The lowest BCUT2D eigenvalue weighted by Gasteiger charge is -2.42. The standard InChI is InChI=1S/C32H43N3O7/c1-31(2,3)41-29(39)24(19-21-13-8-7-9-14-21)34-28(38)27(23-17-10-11-18-25(23)36)35(22-15-12-16-22)26(37)20-33-30(40)42-32(4,5)6/h7-11,13-14,17-18,22,24,27,36H,12,15-16,19-20H2,1-6H3,(H,33,40)(H,34,38). The molecule has 0 radical (unpaired) electrons. The molecule has 0 aromatic heterocycles. The average Bonchev–Trinajstić information content (AvgIpc) is 2.85. The van der Waals surface area contributed by atoms with E-state index in [9.17, 15) is 24.3 Å². The lowest BCUT2D eigenvalue weighted by molar-refractivity contribution is -0.159. The number of aromatic hydroxyl groups is 1. The summed E-state index contributed by atoms with van der Waals surface area (Å²) in [7, 11) is 0. The van der Waals surface area contributed by atoms with Crippen LogP contribution in [-0.4, -0.2) is 63.7 Å². The molecular weight excluding hydrogens is 538 g/mol. The lowest BCUT2D eigenvalue weighted by atomic mass is 9.88. The Balaban J connectivity index is 1.95. The number of hydrogen-bond acceptors (Lipinski definition) is 7. The highest BCUT2D eigenvalue weighted by molar-refractivity contribution is 5.93. The van der Waals surface area contributed by atoms with Crippen LogP contribution in [0.15, 0.2) is 54.6 Å². The smallest absolute Gasteiger partial charge is 0.408 e. The molecule has 3 rings (SSSR count). The third-order valence-corrected chi connectivity index (χ3v) is 6.59. The van der Waals surface area contributed by atoms with Crippen molar-refractivity contribution in [3.63, 3.8) is 0 Å². The highest BCUT2D eigenvalue weighted by Gasteiger charge is 2.41. The fourth-order valence-corrected chi connectivity index (χ4v) is 4.58. The monoisotopic (exact) mass is 581 g/mol. The van der Waals surface area contributed by atoms with Crippen LogP contribution in [0.1, 0.15) is 78.0 Å². The van der Waals surface area contributed by atoms with Crippen LogP contribution in [0.5, 0.6) is 5.75 Å². The number of para-hydroxylation sites is 1. The third kappa shape index (κ3) is 9.49. The zero-order valence-electron chi connectivity index (χ0n) is 25.3. The highest BCUT2D eigenvalue weighted by atomic mass is 16.6. The van der Waals surface area contributed by atoms with Gasteiger partial charge in [0.05, 0.1) is 0 Å². The molecule has 3 N–H and O–H groups in total. The molecule has 0 bridgehead atoms. The van der Waals surface area contributed by atoms with Crippen LogP contribution in [0.25, 0.3) is 0 Å². The number of amides is 3. The van der Waals surface area contributed by atoms with Crippen molar-refractivity contribution in [2.24, 2.45) is 0 Å². The zero-order valence-corrected chi connectivity index (χ0v) is 25.3. The Bertz CT molecular complexity index is 1250. The summed E-state index contributed by atoms with van der Waals surface area (Å²) in [6.07, 6.45) is 1.55. The van der Waals surface area contributed by atoms with E-state index in [1.807, 2.05) is 30.3 Å². The van der Waals surface area contributed by atoms with Crippen molar-refractivity contribution in [2.75, 3.05) is 6.54 Å². The van der Waals surface area contributed by atoms with Crippen LogP contribution in [0.2, 0.25) is 0 Å². The van der Waals surface area contributed by atoms with E-state index in [0.717, 1.165) is 12.0 Å². The van der Waals surface area contributed by atoms with Crippen molar-refractivity contribution in [2.45, 2.75) is 96.6 Å². The SMILES string of the molecule is CC(C)(C)OC(=O)NCC(=O)N(C1CCC1)C(C(=O)NC(Cc1ccccc1)C(=O)OC(C)(C)C)c1ccccc1O. The Labute approximate surface area is 247 Å². The van der Waals surface area contributed by atoms with Gasteiger partial charge in [0.15, 0.2) is 0 Å². The molecule has 10 nitrogen and oxygen atoms in total. The first-order valence-electron chi connectivity index (χ1n) is 14.3. The number of phenolic OH excluding ortho intramolecular Hbond substituents is 1. The Kier molecular flexibility index (Phi) is 10.6. The topological polar surface area (TPSA) is 134 Å². The Morgan fingerprint density at radius 1 is 0.905 bits per heavy atom. The molecule has 10 heteroatoms. The number of esters is 1. The van der Waals surface area contributed by atoms with E-state index in [-0.39, 0.29) is 23.8 Å². The molecule has 0 saturated heterocycles. The van der Waals surface area contributed by atoms with E-state index in [2.05, 4.69) is 10.6 Å². The molecule has 0 heterocycles. The molecule has 2 aromatic rings. The third-order valence-electron chi connectivity index (χ3n) is 6.59. The molecular formula is C32H43N3O7. The highest BCUT2D eigenvalue weighted by Crippen LogP contribution is 2.36. The maximum absolute atomic E-state index is 14.1. The van der Waals surface area contributed by atoms with Crippen LogP contribution >= 0.6 is 0 Å². The number of hydrogen-bond donors (Lipinski definition) is 3. The maximum Gasteiger partial charge on any atom is 0.408 e. The van der Waals surface area contributed by atoms with Gasteiger partial charge in [-0.25, -0.2) is 9.59 Å². The fraction of sp³-hybridized carbons (Fsp3) is 0.500. The summed E-state index contributed by atoms with van der Waals surface area (Å²) in [4.78, 5) is 54.8. The summed E-state index contributed by atoms with van der Waals surface area (Å²) in [5.41, 5.74) is -0.541. The number of nitrogens with one attached hydrogen (secondary N) is 2. The second-order valence-electron chi connectivity index (χ2n) is 12.5. The Morgan fingerprint density at radius 3 is 2.05 bits per heavy atom. The minimum atomic E-state index is -1.27. The Morgan fingerprint density at radius 2 is 1.50 bits per heavy atom. The zero-order chi connectivity index (χ0) is 31.1. The van der Waals surface area contributed by atoms with Gasteiger partial charge in [-0.1, -0.05) is 48.5 Å². The molecule has 228 valence electrons. The number of rotatable bonds is 10. The van der Waals surface area contributed by atoms with Gasteiger partial charge in [0.25, 0.3) is 0 Å². The summed E-state index contributed by atoms with van der Waals surface area (Å²) in [6.45, 7) is 9.95. The van der Waals surface area contributed by atoms with Crippen LogP contribution in [0, 0.1) is 0 Å². The first-order valence-corrected chi connectivity index (χ1v) is 14.3. The molecule has 1 aliphatic rings. The van der Waals surface area contributed by atoms with Gasteiger partial charge < -0.3 is 30.1 Å². The predicted octanol–water partition coefficient (Wildman–Crippen LogP) is 4.41. The first kappa shape index (κ1) is 32.4. The first-order chi connectivity index (χ1) is 19.6. The predicted molar refractivity (Wildman–Crippen MR) is 157 cm³/mol. The van der Waals surface area contributed by atoms with Crippen molar-refractivity contribution in [3.05, 3.63) is 65.7 Å². The van der Waals surface area contributed by atoms with Crippen molar-refractivity contribution < 1.29 is 33.8 Å². The van der Waals surface area contributed by atoms with E-state index in [1.54, 1.807) is 59.7 Å². The molecule has 2 unspecified atom stereocenters. The maximum atomic E-state index is 14.1. The quantitative estimate of drug-likeness (QED) is 0.354. The van der Waals surface area contributed by atoms with Crippen LogP contribution in [0.4, 0.5) is 4.79 Å². The number of alkyl carbamates (subject to hydrolysis) is 1. The largest absolute Gasteiger partial charge is 0.508 e. The Hall–Kier alpha value is -4.08. The van der Waals surface area contributed by atoms with E-state index < -0.39 is 53.7 Å². The average molecular weight is 582 g/mol. The fourth-order valence-electron chi connectivity index (χ4n) is 4.58. The van der Waals surface area contributed by atoms with E-state index in [1.165, 1.54) is 11.0 Å². The van der Waals surface area contributed by atoms with Crippen molar-refractivity contribution in [1.29, 1.82) is 0 Å². The van der Waals surface area contributed by atoms with Crippen molar-refractivity contribution in [3.8, 4) is 5.75 Å². The van der Waals surface area contributed by atoms with Gasteiger partial charge in [0.2, 0.25) is 11.8 Å². The lowest BCUT2D eigenvalue weighted by Crippen LogP contribution is -2.56. The molecule has 2 aromatic carbocycles. The second-order valence-corrected chi connectivity index (χ2v) is 12.5. The molecule has 1 fully saturated rings. The molecule has 1 aliphatic carbocycles. The number of carbonyl (C=O) groups is 4. The molecule has 42 heavy (non-hydrogen) atoms. The normalized spacial score (nSPS) is 15.0. The number of ether oxygens (including phenoxy) is 2. The van der Waals surface area contributed by atoms with E-state index in [4.69, 9.17) is 9.47 Å². The van der Waals surface area contributed by atoms with Gasteiger partial charge in [-0.05, 0) is 72.4 Å². The van der Waals surface area contributed by atoms with Gasteiger partial charge in [-0.3, -0.25) is 9.59 Å².